The van der Waals surface area contributed by atoms with E-state index in [9.17, 15) is 14.3 Å². The van der Waals surface area contributed by atoms with Gasteiger partial charge in [0.25, 0.3) is 0 Å². The first-order valence-corrected chi connectivity index (χ1v) is 9.86. The number of carbonyl (C=O) groups is 1. The largest absolute Gasteiger partial charge is 0.438 e. The van der Waals surface area contributed by atoms with Crippen molar-refractivity contribution < 1.29 is 19.0 Å². The van der Waals surface area contributed by atoms with Gasteiger partial charge >= 0.3 is 6.09 Å². The van der Waals surface area contributed by atoms with Crippen LogP contribution in [0.4, 0.5) is 9.18 Å². The van der Waals surface area contributed by atoms with E-state index in [4.69, 9.17) is 4.74 Å². The lowest BCUT2D eigenvalue weighted by Crippen LogP contribution is -2.48. The highest BCUT2D eigenvalue weighted by Gasteiger charge is 2.43. The summed E-state index contributed by atoms with van der Waals surface area (Å²) in [6.45, 7) is 2.52. The van der Waals surface area contributed by atoms with E-state index < -0.39 is 5.60 Å². The molecule has 4 nitrogen and oxygen atoms in total. The van der Waals surface area contributed by atoms with Gasteiger partial charge in [-0.25, -0.2) is 9.18 Å². The van der Waals surface area contributed by atoms with Crippen LogP contribution in [0, 0.1) is 5.82 Å². The second-order valence-electron chi connectivity index (χ2n) is 6.87. The summed E-state index contributed by atoms with van der Waals surface area (Å²) in [6.07, 6.45) is 1.21. The SMILES string of the molecule is C[C@@H](c1ccc(Br)cc1)N1CC[C@@](CCCO)(c2ccc(F)cc2)OC1=O. The molecule has 0 unspecified atom stereocenters. The molecule has 0 aliphatic carbocycles. The first kappa shape index (κ1) is 19.8. The van der Waals surface area contributed by atoms with Crippen LogP contribution in [0.2, 0.25) is 0 Å². The molecule has 2 aromatic rings. The van der Waals surface area contributed by atoms with Crippen LogP contribution in [0.15, 0.2) is 53.0 Å². The number of aliphatic hydroxyl groups is 1. The van der Waals surface area contributed by atoms with Crippen molar-refractivity contribution in [2.24, 2.45) is 0 Å². The second kappa shape index (κ2) is 8.40. The quantitative estimate of drug-likeness (QED) is 0.681. The van der Waals surface area contributed by atoms with E-state index in [1.165, 1.54) is 12.1 Å². The predicted molar refractivity (Wildman–Crippen MR) is 105 cm³/mol. The maximum atomic E-state index is 13.3. The van der Waals surface area contributed by atoms with Gasteiger partial charge in [-0.1, -0.05) is 40.2 Å². The third kappa shape index (κ3) is 4.33. The summed E-state index contributed by atoms with van der Waals surface area (Å²) in [4.78, 5) is 14.6. The van der Waals surface area contributed by atoms with Gasteiger partial charge in [0.15, 0.2) is 0 Å². The summed E-state index contributed by atoms with van der Waals surface area (Å²) in [5.74, 6) is -0.330. The molecular weight excluding hydrogens is 413 g/mol. The number of ether oxygens (including phenoxy) is 1. The molecule has 1 heterocycles. The highest BCUT2D eigenvalue weighted by molar-refractivity contribution is 9.10. The molecule has 1 N–H and O–H groups in total. The molecule has 2 atom stereocenters. The van der Waals surface area contributed by atoms with Gasteiger partial charge in [0.1, 0.15) is 11.4 Å². The van der Waals surface area contributed by atoms with Crippen LogP contribution in [0.1, 0.15) is 43.4 Å². The molecule has 3 rings (SSSR count). The molecule has 1 fully saturated rings. The van der Waals surface area contributed by atoms with Crippen molar-refractivity contribution in [1.82, 2.24) is 4.90 Å². The molecule has 1 aliphatic heterocycles. The molecule has 2 aromatic carbocycles. The van der Waals surface area contributed by atoms with Crippen LogP contribution in [0.25, 0.3) is 0 Å². The number of cyclic esters (lactones) is 1. The summed E-state index contributed by atoms with van der Waals surface area (Å²) in [7, 11) is 0. The van der Waals surface area contributed by atoms with Crippen molar-refractivity contribution in [3.05, 3.63) is 69.9 Å². The Balaban J connectivity index is 1.81. The summed E-state index contributed by atoms with van der Waals surface area (Å²) < 4.78 is 20.2. The number of halogens is 2. The molecule has 1 aliphatic rings. The van der Waals surface area contributed by atoms with Gasteiger partial charge in [0.05, 0.1) is 6.04 Å². The Bertz CT molecular complexity index is 781. The lowest BCUT2D eigenvalue weighted by molar-refractivity contribution is -0.0680. The zero-order valence-electron chi connectivity index (χ0n) is 15.2. The molecule has 0 saturated carbocycles. The van der Waals surface area contributed by atoms with Crippen molar-refractivity contribution in [2.45, 2.75) is 37.8 Å². The number of carbonyl (C=O) groups excluding carboxylic acids is 1. The van der Waals surface area contributed by atoms with Crippen molar-refractivity contribution in [3.8, 4) is 0 Å². The van der Waals surface area contributed by atoms with Gasteiger partial charge < -0.3 is 14.7 Å². The molecular formula is C21H23BrFNO3. The van der Waals surface area contributed by atoms with Gasteiger partial charge in [-0.05, 0) is 55.2 Å². The second-order valence-corrected chi connectivity index (χ2v) is 7.78. The Morgan fingerprint density at radius 1 is 1.22 bits per heavy atom. The Kier molecular flexibility index (Phi) is 6.17. The summed E-state index contributed by atoms with van der Waals surface area (Å²) in [6, 6.07) is 13.8. The van der Waals surface area contributed by atoms with Crippen LogP contribution in [-0.4, -0.2) is 29.3 Å². The predicted octanol–water partition coefficient (Wildman–Crippen LogP) is 5.16. The van der Waals surface area contributed by atoms with Crippen molar-refractivity contribution in [3.63, 3.8) is 0 Å². The van der Waals surface area contributed by atoms with E-state index in [1.807, 2.05) is 31.2 Å². The molecule has 27 heavy (non-hydrogen) atoms. The van der Waals surface area contributed by atoms with E-state index in [0.717, 1.165) is 15.6 Å². The van der Waals surface area contributed by atoms with E-state index in [-0.39, 0.29) is 24.6 Å². The lowest BCUT2D eigenvalue weighted by Gasteiger charge is -2.43. The van der Waals surface area contributed by atoms with Crippen LogP contribution < -0.4 is 0 Å². The standard InChI is InChI=1S/C21H23BrFNO3/c1-15(16-3-7-18(22)8-4-16)24-13-12-21(11-2-14-25,27-20(24)26)17-5-9-19(23)10-6-17/h3-10,15,25H,2,11-14H2,1H3/t15-,21-/m0/s1. The van der Waals surface area contributed by atoms with Gasteiger partial charge in [0, 0.05) is 24.0 Å². The number of amides is 1. The minimum Gasteiger partial charge on any atom is -0.438 e. The summed E-state index contributed by atoms with van der Waals surface area (Å²) in [5, 5.41) is 9.26. The van der Waals surface area contributed by atoms with Gasteiger partial charge in [0.2, 0.25) is 0 Å². The fourth-order valence-corrected chi connectivity index (χ4v) is 3.85. The van der Waals surface area contributed by atoms with E-state index >= 15 is 0 Å². The van der Waals surface area contributed by atoms with Gasteiger partial charge in [-0.15, -0.1) is 0 Å². The van der Waals surface area contributed by atoms with Crippen LogP contribution in [0.5, 0.6) is 0 Å². The van der Waals surface area contributed by atoms with Gasteiger partial charge in [-0.2, -0.15) is 0 Å². The third-order valence-electron chi connectivity index (χ3n) is 5.20. The normalized spacial score (nSPS) is 21.0. The van der Waals surface area contributed by atoms with Crippen molar-refractivity contribution in [2.75, 3.05) is 13.2 Å². The monoisotopic (exact) mass is 435 g/mol. The Morgan fingerprint density at radius 2 is 1.89 bits per heavy atom. The van der Waals surface area contributed by atoms with E-state index in [0.29, 0.717) is 25.8 Å². The minimum absolute atomic E-state index is 0.0134. The molecule has 144 valence electrons. The molecule has 1 saturated heterocycles. The Morgan fingerprint density at radius 3 is 2.48 bits per heavy atom. The molecule has 0 bridgehead atoms. The number of hydrogen-bond donors (Lipinski definition) is 1. The van der Waals surface area contributed by atoms with Crippen molar-refractivity contribution in [1.29, 1.82) is 0 Å². The molecule has 0 radical (unpaired) electrons. The lowest BCUT2D eigenvalue weighted by atomic mass is 9.84. The fourth-order valence-electron chi connectivity index (χ4n) is 3.58. The average molecular weight is 436 g/mol. The van der Waals surface area contributed by atoms with E-state index in [2.05, 4.69) is 15.9 Å². The maximum Gasteiger partial charge on any atom is 0.411 e. The molecule has 1 amide bonds. The highest BCUT2D eigenvalue weighted by Crippen LogP contribution is 2.40. The average Bonchev–Trinajstić information content (AvgIpc) is 2.67. The first-order chi connectivity index (χ1) is 12.9. The minimum atomic E-state index is -0.830. The highest BCUT2D eigenvalue weighted by atomic mass is 79.9. The smallest absolute Gasteiger partial charge is 0.411 e. The molecule has 0 spiro atoms. The first-order valence-electron chi connectivity index (χ1n) is 9.07. The Hall–Kier alpha value is -1.92. The number of hydrogen-bond acceptors (Lipinski definition) is 3. The van der Waals surface area contributed by atoms with Crippen LogP contribution in [-0.2, 0) is 10.3 Å². The number of aliphatic hydroxyl groups excluding tert-OH is 1. The zero-order valence-corrected chi connectivity index (χ0v) is 16.8. The number of benzene rings is 2. The Labute approximate surface area is 167 Å². The fraction of sp³-hybridized carbons (Fsp3) is 0.381. The van der Waals surface area contributed by atoms with Crippen LogP contribution >= 0.6 is 15.9 Å². The van der Waals surface area contributed by atoms with Crippen LogP contribution in [0.3, 0.4) is 0 Å². The molecule has 0 aromatic heterocycles. The number of rotatable bonds is 6. The van der Waals surface area contributed by atoms with Gasteiger partial charge in [-0.3, -0.25) is 0 Å². The summed E-state index contributed by atoms with van der Waals surface area (Å²) >= 11 is 3.42. The number of nitrogens with zero attached hydrogens (tertiary/aromatic N) is 1. The van der Waals surface area contributed by atoms with Crippen molar-refractivity contribution >= 4 is 22.0 Å². The zero-order chi connectivity index (χ0) is 19.4. The third-order valence-corrected chi connectivity index (χ3v) is 5.73. The molecule has 6 heteroatoms. The van der Waals surface area contributed by atoms with E-state index in [1.54, 1.807) is 17.0 Å². The topological polar surface area (TPSA) is 49.8 Å². The summed E-state index contributed by atoms with van der Waals surface area (Å²) in [5.41, 5.74) is 0.963. The maximum absolute atomic E-state index is 13.3.